The number of morpholine rings is 1. The number of rotatable bonds is 2. The molecule has 0 spiro atoms. The predicted octanol–water partition coefficient (Wildman–Crippen LogP) is 1.76. The molecule has 6 heteroatoms. The van der Waals surface area contributed by atoms with E-state index in [2.05, 4.69) is 20.1 Å². The first kappa shape index (κ1) is 12.1. The van der Waals surface area contributed by atoms with Crippen LogP contribution < -0.4 is 4.90 Å². The van der Waals surface area contributed by atoms with Gasteiger partial charge in [0.2, 0.25) is 5.95 Å². The lowest BCUT2D eigenvalue weighted by Gasteiger charge is -2.25. The highest BCUT2D eigenvalue weighted by Crippen LogP contribution is 2.20. The summed E-state index contributed by atoms with van der Waals surface area (Å²) >= 11 is 0. The summed E-state index contributed by atoms with van der Waals surface area (Å²) < 4.78 is 18.5. The van der Waals surface area contributed by atoms with Crippen molar-refractivity contribution in [3.05, 3.63) is 29.6 Å². The molecule has 0 unspecified atom stereocenters. The molecule has 1 N–H and O–H groups in total. The molecule has 2 heterocycles. The summed E-state index contributed by atoms with van der Waals surface area (Å²) in [5, 5.41) is 7.11. The van der Waals surface area contributed by atoms with Gasteiger partial charge in [-0.1, -0.05) is 0 Å². The molecule has 19 heavy (non-hydrogen) atoms. The van der Waals surface area contributed by atoms with E-state index < -0.39 is 0 Å². The van der Waals surface area contributed by atoms with Gasteiger partial charge in [-0.25, -0.2) is 4.39 Å². The van der Waals surface area contributed by atoms with Crippen LogP contribution in [0, 0.1) is 12.7 Å². The number of anilines is 1. The van der Waals surface area contributed by atoms with Crippen LogP contribution in [0.15, 0.2) is 18.2 Å². The van der Waals surface area contributed by atoms with Crippen molar-refractivity contribution in [1.29, 1.82) is 0 Å². The molecule has 1 fully saturated rings. The third-order valence-electron chi connectivity index (χ3n) is 3.20. The van der Waals surface area contributed by atoms with Gasteiger partial charge >= 0.3 is 0 Å². The number of H-pyrrole nitrogens is 1. The molecule has 0 amide bonds. The number of hydrogen-bond acceptors (Lipinski definition) is 4. The Morgan fingerprint density at radius 2 is 2.11 bits per heavy atom. The zero-order valence-electron chi connectivity index (χ0n) is 10.7. The van der Waals surface area contributed by atoms with E-state index in [0.29, 0.717) is 30.5 Å². The van der Waals surface area contributed by atoms with E-state index >= 15 is 0 Å². The zero-order chi connectivity index (χ0) is 13.2. The summed E-state index contributed by atoms with van der Waals surface area (Å²) in [6, 6.07) is 4.91. The van der Waals surface area contributed by atoms with Gasteiger partial charge in [-0.15, -0.1) is 5.10 Å². The van der Waals surface area contributed by atoms with Gasteiger partial charge in [0.15, 0.2) is 5.82 Å². The summed E-state index contributed by atoms with van der Waals surface area (Å²) in [6.07, 6.45) is 0. The molecular formula is C13H15FN4O. The van der Waals surface area contributed by atoms with Crippen molar-refractivity contribution in [1.82, 2.24) is 15.2 Å². The molecule has 0 aliphatic carbocycles. The first-order valence-electron chi connectivity index (χ1n) is 6.25. The van der Waals surface area contributed by atoms with Gasteiger partial charge in [0.1, 0.15) is 5.82 Å². The Labute approximate surface area is 110 Å². The Morgan fingerprint density at radius 3 is 2.84 bits per heavy atom. The Morgan fingerprint density at radius 1 is 1.32 bits per heavy atom. The Balaban J connectivity index is 1.85. The van der Waals surface area contributed by atoms with Crippen molar-refractivity contribution in [3.63, 3.8) is 0 Å². The van der Waals surface area contributed by atoms with E-state index in [4.69, 9.17) is 4.74 Å². The van der Waals surface area contributed by atoms with Crippen LogP contribution in [-0.2, 0) is 4.74 Å². The van der Waals surface area contributed by atoms with Gasteiger partial charge in [0.05, 0.1) is 13.2 Å². The number of aromatic amines is 1. The molecule has 1 saturated heterocycles. The predicted molar refractivity (Wildman–Crippen MR) is 69.5 cm³/mol. The number of nitrogens with one attached hydrogen (secondary N) is 1. The van der Waals surface area contributed by atoms with Crippen molar-refractivity contribution < 1.29 is 9.13 Å². The maximum atomic E-state index is 13.2. The molecule has 1 aliphatic heterocycles. The fourth-order valence-corrected chi connectivity index (χ4v) is 2.08. The molecule has 3 rings (SSSR count). The minimum atomic E-state index is -0.211. The topological polar surface area (TPSA) is 54.0 Å². The highest BCUT2D eigenvalue weighted by molar-refractivity contribution is 5.57. The van der Waals surface area contributed by atoms with Crippen molar-refractivity contribution in [2.24, 2.45) is 0 Å². The molecule has 100 valence electrons. The largest absolute Gasteiger partial charge is 0.378 e. The second-order valence-corrected chi connectivity index (χ2v) is 4.55. The molecule has 0 atom stereocenters. The minimum Gasteiger partial charge on any atom is -0.378 e. The first-order valence-corrected chi connectivity index (χ1v) is 6.25. The number of hydrogen-bond donors (Lipinski definition) is 1. The van der Waals surface area contributed by atoms with Gasteiger partial charge in [-0.2, -0.15) is 4.98 Å². The average molecular weight is 262 g/mol. The van der Waals surface area contributed by atoms with Gasteiger partial charge in [-0.05, 0) is 30.7 Å². The maximum absolute atomic E-state index is 13.2. The number of ether oxygens (including phenoxy) is 1. The number of aromatic nitrogens is 3. The molecule has 0 radical (unpaired) electrons. The van der Waals surface area contributed by atoms with Crippen LogP contribution in [0.25, 0.3) is 11.4 Å². The lowest BCUT2D eigenvalue weighted by molar-refractivity contribution is 0.122. The monoisotopic (exact) mass is 262 g/mol. The molecule has 1 aromatic carbocycles. The van der Waals surface area contributed by atoms with E-state index in [1.807, 2.05) is 0 Å². The highest BCUT2D eigenvalue weighted by Gasteiger charge is 2.16. The van der Waals surface area contributed by atoms with E-state index in [-0.39, 0.29) is 5.82 Å². The van der Waals surface area contributed by atoms with E-state index in [1.54, 1.807) is 19.1 Å². The molecular weight excluding hydrogens is 247 g/mol. The Hall–Kier alpha value is -1.95. The summed E-state index contributed by atoms with van der Waals surface area (Å²) in [7, 11) is 0. The SMILES string of the molecule is Cc1cc(-c2nc(N3CCOCC3)n[nH]2)ccc1F. The van der Waals surface area contributed by atoms with E-state index in [9.17, 15) is 4.39 Å². The molecule has 1 aliphatic rings. The number of halogens is 1. The summed E-state index contributed by atoms with van der Waals surface area (Å²) in [6.45, 7) is 4.70. The zero-order valence-corrected chi connectivity index (χ0v) is 10.7. The molecule has 0 bridgehead atoms. The van der Waals surface area contributed by atoms with Crippen molar-refractivity contribution in [3.8, 4) is 11.4 Å². The van der Waals surface area contributed by atoms with Crippen LogP contribution in [0.1, 0.15) is 5.56 Å². The van der Waals surface area contributed by atoms with Crippen LogP contribution in [0.4, 0.5) is 10.3 Å². The second-order valence-electron chi connectivity index (χ2n) is 4.55. The fourth-order valence-electron chi connectivity index (χ4n) is 2.08. The Kier molecular flexibility index (Phi) is 3.16. The second kappa shape index (κ2) is 4.97. The van der Waals surface area contributed by atoms with Crippen LogP contribution in [0.3, 0.4) is 0 Å². The number of aryl methyl sites for hydroxylation is 1. The van der Waals surface area contributed by atoms with Gasteiger partial charge in [-0.3, -0.25) is 5.10 Å². The molecule has 5 nitrogen and oxygen atoms in total. The lowest BCUT2D eigenvalue weighted by Crippen LogP contribution is -2.36. The van der Waals surface area contributed by atoms with Crippen LogP contribution in [0.5, 0.6) is 0 Å². The van der Waals surface area contributed by atoms with Crippen molar-refractivity contribution >= 4 is 5.95 Å². The molecule has 2 aromatic rings. The third-order valence-corrected chi connectivity index (χ3v) is 3.20. The fraction of sp³-hybridized carbons (Fsp3) is 0.385. The quantitative estimate of drug-likeness (QED) is 0.896. The van der Waals surface area contributed by atoms with Crippen LogP contribution in [-0.4, -0.2) is 41.5 Å². The van der Waals surface area contributed by atoms with Gasteiger partial charge < -0.3 is 9.64 Å². The maximum Gasteiger partial charge on any atom is 0.245 e. The van der Waals surface area contributed by atoms with Gasteiger partial charge in [0.25, 0.3) is 0 Å². The van der Waals surface area contributed by atoms with Crippen LogP contribution in [0.2, 0.25) is 0 Å². The normalized spacial score (nSPS) is 15.8. The van der Waals surface area contributed by atoms with E-state index in [1.165, 1.54) is 6.07 Å². The first-order chi connectivity index (χ1) is 9.24. The smallest absolute Gasteiger partial charge is 0.245 e. The minimum absolute atomic E-state index is 0.211. The van der Waals surface area contributed by atoms with Crippen molar-refractivity contribution in [2.75, 3.05) is 31.2 Å². The van der Waals surface area contributed by atoms with Crippen molar-refractivity contribution in [2.45, 2.75) is 6.92 Å². The third kappa shape index (κ3) is 2.44. The lowest BCUT2D eigenvalue weighted by atomic mass is 10.1. The standard InChI is InChI=1S/C13H15FN4O/c1-9-8-10(2-3-11(9)14)12-15-13(17-16-12)18-4-6-19-7-5-18/h2-3,8H,4-7H2,1H3,(H,15,16,17). The molecule has 0 saturated carbocycles. The van der Waals surface area contributed by atoms with E-state index in [0.717, 1.165) is 18.7 Å². The summed E-state index contributed by atoms with van der Waals surface area (Å²) in [4.78, 5) is 6.53. The average Bonchev–Trinajstić information content (AvgIpc) is 2.93. The van der Waals surface area contributed by atoms with Gasteiger partial charge in [0, 0.05) is 18.7 Å². The number of nitrogens with zero attached hydrogens (tertiary/aromatic N) is 3. The summed E-state index contributed by atoms with van der Waals surface area (Å²) in [5.74, 6) is 1.11. The summed E-state index contributed by atoms with van der Waals surface area (Å²) in [5.41, 5.74) is 1.44. The number of benzene rings is 1. The highest BCUT2D eigenvalue weighted by atomic mass is 19.1. The Bertz CT molecular complexity index is 578. The van der Waals surface area contributed by atoms with Crippen LogP contribution >= 0.6 is 0 Å². The molecule has 1 aromatic heterocycles.